The van der Waals surface area contributed by atoms with Gasteiger partial charge in [-0.05, 0) is 31.0 Å². The maximum atomic E-state index is 13.1. The second-order valence-electron chi connectivity index (χ2n) is 8.65. The molecule has 0 atom stereocenters. The number of anilines is 1. The summed E-state index contributed by atoms with van der Waals surface area (Å²) in [7, 11) is 1.86. The van der Waals surface area contributed by atoms with E-state index in [-0.39, 0.29) is 31.0 Å². The summed E-state index contributed by atoms with van der Waals surface area (Å²) in [6, 6.07) is 16.0. The Morgan fingerprint density at radius 2 is 1.91 bits per heavy atom. The number of fused-ring (bicyclic) bond motifs is 1. The number of amides is 2. The predicted octanol–water partition coefficient (Wildman–Crippen LogP) is 4.99. The van der Waals surface area contributed by atoms with Crippen molar-refractivity contribution in [2.45, 2.75) is 38.1 Å². The Kier molecular flexibility index (Phi) is 6.13. The number of carbonyl (C=O) groups excluding carboxylic acids is 2. The highest BCUT2D eigenvalue weighted by Gasteiger charge is 2.30. The number of hydrogen-bond donors (Lipinski definition) is 0. The summed E-state index contributed by atoms with van der Waals surface area (Å²) >= 11 is 1.58. The van der Waals surface area contributed by atoms with E-state index in [0.29, 0.717) is 11.4 Å². The predicted molar refractivity (Wildman–Crippen MR) is 130 cm³/mol. The van der Waals surface area contributed by atoms with Gasteiger partial charge in [-0.25, -0.2) is 4.98 Å². The van der Waals surface area contributed by atoms with Crippen molar-refractivity contribution in [1.29, 1.82) is 0 Å². The Morgan fingerprint density at radius 3 is 2.70 bits per heavy atom. The number of aromatic nitrogens is 1. The van der Waals surface area contributed by atoms with E-state index >= 15 is 0 Å². The fourth-order valence-electron chi connectivity index (χ4n) is 4.57. The van der Waals surface area contributed by atoms with Crippen LogP contribution in [0, 0.1) is 0 Å². The van der Waals surface area contributed by atoms with E-state index in [2.05, 4.69) is 0 Å². The minimum absolute atomic E-state index is 0.0258. The maximum absolute atomic E-state index is 13.1. The molecule has 2 aliphatic rings. The van der Waals surface area contributed by atoms with Gasteiger partial charge in [-0.15, -0.1) is 11.3 Å². The van der Waals surface area contributed by atoms with Gasteiger partial charge in [0.1, 0.15) is 17.3 Å². The second kappa shape index (κ2) is 9.35. The average Bonchev–Trinajstić information content (AvgIpc) is 3.36. The van der Waals surface area contributed by atoms with Gasteiger partial charge in [0, 0.05) is 29.6 Å². The van der Waals surface area contributed by atoms with E-state index in [1.54, 1.807) is 16.2 Å². The number of thiazole rings is 1. The third kappa shape index (κ3) is 4.50. The molecule has 6 nitrogen and oxygen atoms in total. The molecular formula is C26H27N3O3S. The lowest BCUT2D eigenvalue weighted by molar-refractivity contribution is -0.133. The zero-order valence-electron chi connectivity index (χ0n) is 18.7. The number of likely N-dealkylation sites (N-methyl/N-ethyl adjacent to an activating group) is 1. The quantitative estimate of drug-likeness (QED) is 0.537. The number of benzene rings is 2. The number of rotatable bonds is 5. The molecule has 1 saturated carbocycles. The smallest absolute Gasteiger partial charge is 0.265 e. The van der Waals surface area contributed by atoms with Gasteiger partial charge in [0.2, 0.25) is 5.91 Å². The third-order valence-corrected chi connectivity index (χ3v) is 7.42. The highest BCUT2D eigenvalue weighted by molar-refractivity contribution is 7.13. The number of hydrogen-bond acceptors (Lipinski definition) is 5. The fraction of sp³-hybridized carbons (Fsp3) is 0.346. The Bertz CT molecular complexity index is 1150. The van der Waals surface area contributed by atoms with Gasteiger partial charge in [-0.2, -0.15) is 0 Å². The van der Waals surface area contributed by atoms with Crippen LogP contribution in [0.25, 0.3) is 21.8 Å². The monoisotopic (exact) mass is 461 g/mol. The maximum Gasteiger partial charge on any atom is 0.265 e. The summed E-state index contributed by atoms with van der Waals surface area (Å²) in [4.78, 5) is 34.0. The number of nitrogens with zero attached hydrogens (tertiary/aromatic N) is 3. The number of ether oxygens (including phenoxy) is 1. The lowest BCUT2D eigenvalue weighted by Crippen LogP contribution is -2.48. The van der Waals surface area contributed by atoms with Gasteiger partial charge in [-0.3, -0.25) is 14.5 Å². The molecule has 33 heavy (non-hydrogen) atoms. The van der Waals surface area contributed by atoms with Crippen LogP contribution in [0.4, 0.5) is 5.69 Å². The van der Waals surface area contributed by atoms with E-state index < -0.39 is 0 Å². The zero-order chi connectivity index (χ0) is 22.8. The van der Waals surface area contributed by atoms with Gasteiger partial charge in [-0.1, -0.05) is 49.6 Å². The lowest BCUT2D eigenvalue weighted by Gasteiger charge is -2.34. The molecule has 0 saturated heterocycles. The van der Waals surface area contributed by atoms with Crippen LogP contribution in [-0.4, -0.2) is 47.9 Å². The number of carbonyl (C=O) groups is 2. The summed E-state index contributed by atoms with van der Waals surface area (Å²) in [6.45, 7) is -0.0282. The molecule has 0 unspecified atom stereocenters. The molecule has 2 aromatic carbocycles. The molecule has 0 radical (unpaired) electrons. The molecule has 2 amide bonds. The Labute approximate surface area is 197 Å². The van der Waals surface area contributed by atoms with Gasteiger partial charge in [0.15, 0.2) is 6.61 Å². The third-order valence-electron chi connectivity index (χ3n) is 6.53. The van der Waals surface area contributed by atoms with E-state index in [1.807, 2.05) is 65.9 Å². The van der Waals surface area contributed by atoms with Crippen molar-refractivity contribution in [2.24, 2.45) is 0 Å². The van der Waals surface area contributed by atoms with Crippen LogP contribution in [-0.2, 0) is 9.59 Å². The van der Waals surface area contributed by atoms with Crippen LogP contribution in [0.3, 0.4) is 0 Å². The van der Waals surface area contributed by atoms with Crippen molar-refractivity contribution in [3.8, 4) is 27.6 Å². The van der Waals surface area contributed by atoms with Crippen molar-refractivity contribution in [2.75, 3.05) is 25.1 Å². The van der Waals surface area contributed by atoms with Crippen LogP contribution in [0.2, 0.25) is 0 Å². The van der Waals surface area contributed by atoms with Gasteiger partial charge in [0.25, 0.3) is 5.91 Å². The topological polar surface area (TPSA) is 62.7 Å². The summed E-state index contributed by atoms with van der Waals surface area (Å²) in [5.41, 5.74) is 3.43. The van der Waals surface area contributed by atoms with Gasteiger partial charge >= 0.3 is 0 Å². The first kappa shape index (κ1) is 21.6. The molecule has 5 rings (SSSR count). The molecular weight excluding hydrogens is 434 g/mol. The summed E-state index contributed by atoms with van der Waals surface area (Å²) < 4.78 is 5.66. The van der Waals surface area contributed by atoms with Gasteiger partial charge in [0.05, 0.1) is 11.4 Å². The zero-order valence-corrected chi connectivity index (χ0v) is 19.5. The van der Waals surface area contributed by atoms with Crippen molar-refractivity contribution in [3.63, 3.8) is 0 Å². The van der Waals surface area contributed by atoms with Crippen molar-refractivity contribution >= 4 is 28.8 Å². The van der Waals surface area contributed by atoms with Gasteiger partial charge < -0.3 is 9.64 Å². The van der Waals surface area contributed by atoms with E-state index in [4.69, 9.17) is 9.72 Å². The molecule has 1 aromatic heterocycles. The molecule has 1 fully saturated rings. The minimum Gasteiger partial charge on any atom is -0.482 e. The Balaban J connectivity index is 1.39. The van der Waals surface area contributed by atoms with Crippen LogP contribution < -0.4 is 9.64 Å². The van der Waals surface area contributed by atoms with Crippen molar-refractivity contribution in [3.05, 3.63) is 53.9 Å². The highest BCUT2D eigenvalue weighted by Crippen LogP contribution is 2.37. The summed E-state index contributed by atoms with van der Waals surface area (Å²) in [6.07, 6.45) is 5.62. The molecule has 170 valence electrons. The molecule has 0 spiro atoms. The SMILES string of the molecule is CN(C(=O)CN1C(=O)COc2ccc(-c3csc(-c4ccccc4)n3)cc21)C1CCCCC1. The van der Waals surface area contributed by atoms with E-state index in [9.17, 15) is 9.59 Å². The van der Waals surface area contributed by atoms with Crippen LogP contribution in [0.15, 0.2) is 53.9 Å². The first-order chi connectivity index (χ1) is 16.1. The van der Waals surface area contributed by atoms with E-state index in [1.165, 1.54) is 6.42 Å². The highest BCUT2D eigenvalue weighted by atomic mass is 32.1. The fourth-order valence-corrected chi connectivity index (χ4v) is 5.41. The molecule has 2 heterocycles. The molecule has 7 heteroatoms. The van der Waals surface area contributed by atoms with Crippen molar-refractivity contribution in [1.82, 2.24) is 9.88 Å². The van der Waals surface area contributed by atoms with Crippen LogP contribution >= 0.6 is 11.3 Å². The minimum atomic E-state index is -0.201. The Hall–Kier alpha value is -3.19. The normalized spacial score (nSPS) is 16.3. The van der Waals surface area contributed by atoms with Crippen LogP contribution in [0.5, 0.6) is 5.75 Å². The summed E-state index contributed by atoms with van der Waals surface area (Å²) in [5.74, 6) is 0.381. The van der Waals surface area contributed by atoms with Crippen molar-refractivity contribution < 1.29 is 14.3 Å². The van der Waals surface area contributed by atoms with E-state index in [0.717, 1.165) is 47.5 Å². The van der Waals surface area contributed by atoms with Crippen LogP contribution in [0.1, 0.15) is 32.1 Å². The lowest BCUT2D eigenvalue weighted by atomic mass is 9.94. The molecule has 1 aliphatic heterocycles. The summed E-state index contributed by atoms with van der Waals surface area (Å²) in [5, 5.41) is 2.96. The average molecular weight is 462 g/mol. The second-order valence-corrected chi connectivity index (χ2v) is 9.51. The first-order valence-electron chi connectivity index (χ1n) is 11.4. The molecule has 1 aliphatic carbocycles. The molecule has 3 aromatic rings. The standard InChI is InChI=1S/C26H27N3O3S/c1-28(20-10-6-3-7-11-20)24(30)15-29-22-14-19(12-13-23(22)32-16-25(29)31)21-17-33-26(27-21)18-8-4-2-5-9-18/h2,4-5,8-9,12-14,17,20H,3,6-7,10-11,15-16H2,1H3. The Morgan fingerprint density at radius 1 is 1.12 bits per heavy atom. The largest absolute Gasteiger partial charge is 0.482 e. The molecule has 0 bridgehead atoms. The first-order valence-corrected chi connectivity index (χ1v) is 12.3. The molecule has 0 N–H and O–H groups in total.